The Morgan fingerprint density at radius 3 is 2.42 bits per heavy atom. The normalized spacial score (nSPS) is 11.2. The lowest BCUT2D eigenvalue weighted by atomic mass is 9.87. The van der Waals surface area contributed by atoms with Crippen LogP contribution in [-0.4, -0.2) is 18.4 Å². The molecule has 19 heavy (non-hydrogen) atoms. The number of nitrogens with zero attached hydrogens (tertiary/aromatic N) is 1. The molecule has 0 radical (unpaired) electrons. The van der Waals surface area contributed by atoms with E-state index in [9.17, 15) is 9.59 Å². The van der Waals surface area contributed by atoms with Gasteiger partial charge in [0.1, 0.15) is 0 Å². The molecule has 0 saturated carbocycles. The molecule has 1 rings (SSSR count). The fourth-order valence-corrected chi connectivity index (χ4v) is 1.58. The van der Waals surface area contributed by atoms with Crippen LogP contribution in [0.2, 0.25) is 0 Å². The number of rotatable bonds is 3. The van der Waals surface area contributed by atoms with Crippen LogP contribution in [-0.2, 0) is 19.8 Å². The molecule has 1 aromatic carbocycles. The summed E-state index contributed by atoms with van der Waals surface area (Å²) in [6.07, 6.45) is 0. The van der Waals surface area contributed by atoms with Gasteiger partial charge in [0, 0.05) is 0 Å². The standard InChI is InChI=1S/C14H20N2O3/c1-5-19-16(13(18)12(15)17)11-8-6-7-10(9-11)14(2,3)4/h6-9H,5H2,1-4H3,(H2,15,17). The van der Waals surface area contributed by atoms with E-state index in [1.165, 1.54) is 0 Å². The van der Waals surface area contributed by atoms with E-state index >= 15 is 0 Å². The second-order valence-electron chi connectivity index (χ2n) is 5.18. The molecule has 1 aromatic rings. The lowest BCUT2D eigenvalue weighted by molar-refractivity contribution is -0.140. The molecule has 104 valence electrons. The fourth-order valence-electron chi connectivity index (χ4n) is 1.58. The average molecular weight is 264 g/mol. The van der Waals surface area contributed by atoms with Crippen molar-refractivity contribution in [1.29, 1.82) is 0 Å². The summed E-state index contributed by atoms with van der Waals surface area (Å²) in [5.74, 6) is -1.93. The van der Waals surface area contributed by atoms with Crippen LogP contribution in [0.3, 0.4) is 0 Å². The minimum Gasteiger partial charge on any atom is -0.361 e. The summed E-state index contributed by atoms with van der Waals surface area (Å²) in [6.45, 7) is 8.18. The van der Waals surface area contributed by atoms with E-state index in [0.717, 1.165) is 10.6 Å². The number of hydroxylamine groups is 1. The van der Waals surface area contributed by atoms with Gasteiger partial charge in [-0.3, -0.25) is 14.4 Å². The van der Waals surface area contributed by atoms with Gasteiger partial charge in [-0.1, -0.05) is 32.9 Å². The zero-order valence-electron chi connectivity index (χ0n) is 11.8. The summed E-state index contributed by atoms with van der Waals surface area (Å²) >= 11 is 0. The Morgan fingerprint density at radius 1 is 1.32 bits per heavy atom. The predicted molar refractivity (Wildman–Crippen MR) is 73.4 cm³/mol. The smallest absolute Gasteiger partial charge is 0.339 e. The van der Waals surface area contributed by atoms with E-state index in [0.29, 0.717) is 5.69 Å². The fraction of sp³-hybridized carbons (Fsp3) is 0.429. The number of hydrogen-bond acceptors (Lipinski definition) is 3. The third kappa shape index (κ3) is 3.79. The number of benzene rings is 1. The molecule has 0 aromatic heterocycles. The maximum absolute atomic E-state index is 11.7. The molecule has 0 heterocycles. The Labute approximate surface area is 113 Å². The van der Waals surface area contributed by atoms with Crippen LogP contribution in [0.5, 0.6) is 0 Å². The van der Waals surface area contributed by atoms with Crippen molar-refractivity contribution in [2.75, 3.05) is 11.7 Å². The van der Waals surface area contributed by atoms with Gasteiger partial charge in [-0.05, 0) is 30.0 Å². The van der Waals surface area contributed by atoms with Crippen LogP contribution >= 0.6 is 0 Å². The van der Waals surface area contributed by atoms with Crippen molar-refractivity contribution in [2.45, 2.75) is 33.1 Å². The molecule has 0 bridgehead atoms. The molecule has 0 unspecified atom stereocenters. The quantitative estimate of drug-likeness (QED) is 0.667. The molecule has 0 aliphatic heterocycles. The maximum atomic E-state index is 11.7. The van der Waals surface area contributed by atoms with Gasteiger partial charge in [-0.25, -0.2) is 0 Å². The van der Waals surface area contributed by atoms with Crippen molar-refractivity contribution < 1.29 is 14.4 Å². The van der Waals surface area contributed by atoms with E-state index in [2.05, 4.69) is 20.8 Å². The van der Waals surface area contributed by atoms with Gasteiger partial charge in [-0.15, -0.1) is 0 Å². The first kappa shape index (κ1) is 15.2. The summed E-state index contributed by atoms with van der Waals surface area (Å²) in [5.41, 5.74) is 6.48. The summed E-state index contributed by atoms with van der Waals surface area (Å²) in [6, 6.07) is 7.29. The molecule has 2 amide bonds. The van der Waals surface area contributed by atoms with Crippen molar-refractivity contribution in [3.05, 3.63) is 29.8 Å². The molecule has 0 aliphatic carbocycles. The highest BCUT2D eigenvalue weighted by atomic mass is 16.7. The minimum atomic E-state index is -1.05. The SMILES string of the molecule is CCON(C(=O)C(N)=O)c1cccc(C(C)(C)C)c1. The minimum absolute atomic E-state index is 0.0658. The highest BCUT2D eigenvalue weighted by molar-refractivity contribution is 6.39. The molecule has 5 heteroatoms. The number of nitrogens with two attached hydrogens (primary N) is 1. The van der Waals surface area contributed by atoms with Gasteiger partial charge < -0.3 is 5.73 Å². The van der Waals surface area contributed by atoms with Crippen molar-refractivity contribution >= 4 is 17.5 Å². The first-order valence-electron chi connectivity index (χ1n) is 6.14. The molecule has 2 N–H and O–H groups in total. The molecule has 0 atom stereocenters. The lowest BCUT2D eigenvalue weighted by Crippen LogP contribution is -2.40. The number of anilines is 1. The van der Waals surface area contributed by atoms with Crippen molar-refractivity contribution in [1.82, 2.24) is 0 Å². The summed E-state index contributed by atoms with van der Waals surface area (Å²) in [4.78, 5) is 27.9. The van der Waals surface area contributed by atoms with E-state index in [1.807, 2.05) is 18.2 Å². The highest BCUT2D eigenvalue weighted by Gasteiger charge is 2.23. The number of hydrogen-bond donors (Lipinski definition) is 1. The number of carbonyl (C=O) groups excluding carboxylic acids is 2. The Hall–Kier alpha value is -1.88. The van der Waals surface area contributed by atoms with Crippen molar-refractivity contribution in [2.24, 2.45) is 5.73 Å². The number of carbonyl (C=O) groups is 2. The van der Waals surface area contributed by atoms with E-state index in [-0.39, 0.29) is 12.0 Å². The summed E-state index contributed by atoms with van der Waals surface area (Å²) in [5, 5.41) is 0.942. The number of amides is 2. The van der Waals surface area contributed by atoms with Gasteiger partial charge in [0.25, 0.3) is 0 Å². The topological polar surface area (TPSA) is 72.6 Å². The largest absolute Gasteiger partial charge is 0.361 e. The van der Waals surface area contributed by atoms with Crippen LogP contribution in [0, 0.1) is 0 Å². The van der Waals surface area contributed by atoms with Gasteiger partial charge in [0.15, 0.2) is 0 Å². The van der Waals surface area contributed by atoms with Crippen LogP contribution in [0.25, 0.3) is 0 Å². The van der Waals surface area contributed by atoms with E-state index < -0.39 is 11.8 Å². The molecule has 0 fully saturated rings. The molecular weight excluding hydrogens is 244 g/mol. The van der Waals surface area contributed by atoms with Crippen LogP contribution in [0.4, 0.5) is 5.69 Å². The zero-order chi connectivity index (χ0) is 14.6. The third-order valence-electron chi connectivity index (χ3n) is 2.60. The average Bonchev–Trinajstić information content (AvgIpc) is 2.34. The highest BCUT2D eigenvalue weighted by Crippen LogP contribution is 2.26. The molecule has 0 spiro atoms. The molecule has 0 aliphatic rings. The van der Waals surface area contributed by atoms with Gasteiger partial charge >= 0.3 is 11.8 Å². The van der Waals surface area contributed by atoms with Gasteiger partial charge in [0.2, 0.25) is 0 Å². The Morgan fingerprint density at radius 2 is 1.95 bits per heavy atom. The third-order valence-corrected chi connectivity index (χ3v) is 2.60. The predicted octanol–water partition coefficient (Wildman–Crippen LogP) is 1.75. The lowest BCUT2D eigenvalue weighted by Gasteiger charge is -2.24. The summed E-state index contributed by atoms with van der Waals surface area (Å²) in [7, 11) is 0. The molecular formula is C14H20N2O3. The van der Waals surface area contributed by atoms with Crippen LogP contribution in [0.15, 0.2) is 24.3 Å². The molecule has 5 nitrogen and oxygen atoms in total. The Balaban J connectivity index is 3.17. The van der Waals surface area contributed by atoms with Crippen LogP contribution < -0.4 is 10.8 Å². The first-order valence-corrected chi connectivity index (χ1v) is 6.14. The number of primary amides is 1. The first-order chi connectivity index (χ1) is 8.77. The van der Waals surface area contributed by atoms with E-state index in [1.54, 1.807) is 13.0 Å². The monoisotopic (exact) mass is 264 g/mol. The maximum Gasteiger partial charge on any atom is 0.339 e. The second-order valence-corrected chi connectivity index (χ2v) is 5.18. The zero-order valence-corrected chi connectivity index (χ0v) is 11.8. The van der Waals surface area contributed by atoms with Crippen LogP contribution in [0.1, 0.15) is 33.3 Å². The second kappa shape index (κ2) is 5.84. The van der Waals surface area contributed by atoms with Gasteiger partial charge in [0.05, 0.1) is 12.3 Å². The van der Waals surface area contributed by atoms with Gasteiger partial charge in [-0.2, -0.15) is 5.06 Å². The van der Waals surface area contributed by atoms with Crippen molar-refractivity contribution in [3.63, 3.8) is 0 Å². The Kier molecular flexibility index (Phi) is 4.67. The van der Waals surface area contributed by atoms with E-state index in [4.69, 9.17) is 10.6 Å². The van der Waals surface area contributed by atoms with Crippen molar-refractivity contribution in [3.8, 4) is 0 Å². The molecule has 0 saturated heterocycles. The summed E-state index contributed by atoms with van der Waals surface area (Å²) < 4.78 is 0. The Bertz CT molecular complexity index is 478.